The van der Waals surface area contributed by atoms with Crippen LogP contribution in [0.4, 0.5) is 0 Å². The molecule has 0 aliphatic rings. The first-order valence-electron chi connectivity index (χ1n) is 9.49. The molecule has 0 bridgehead atoms. The molecule has 0 aromatic carbocycles. The van der Waals surface area contributed by atoms with Crippen molar-refractivity contribution in [3.8, 4) is 0 Å². The summed E-state index contributed by atoms with van der Waals surface area (Å²) >= 11 is 0. The molecule has 22 heavy (non-hydrogen) atoms. The van der Waals surface area contributed by atoms with Crippen molar-refractivity contribution < 1.29 is 12.6 Å². The van der Waals surface area contributed by atoms with Gasteiger partial charge in [0.15, 0.2) is 0 Å². The van der Waals surface area contributed by atoms with Gasteiger partial charge in [0.05, 0.1) is 12.4 Å². The van der Waals surface area contributed by atoms with Gasteiger partial charge in [-0.2, -0.15) is 8.42 Å². The Hall–Kier alpha value is -0.0900. The van der Waals surface area contributed by atoms with Crippen LogP contribution in [0.25, 0.3) is 0 Å². The molecule has 0 aromatic rings. The monoisotopic (exact) mass is 334 g/mol. The van der Waals surface area contributed by atoms with Gasteiger partial charge in [0, 0.05) is 0 Å². The number of hydrogen-bond donors (Lipinski definition) is 0. The van der Waals surface area contributed by atoms with Crippen molar-refractivity contribution in [1.82, 2.24) is 0 Å². The highest BCUT2D eigenvalue weighted by Crippen LogP contribution is 2.11. The topological polar surface area (TPSA) is 43.4 Å². The molecule has 0 aliphatic carbocycles. The van der Waals surface area contributed by atoms with Crippen molar-refractivity contribution in [2.24, 2.45) is 0 Å². The average molecular weight is 335 g/mol. The van der Waals surface area contributed by atoms with E-state index in [0.29, 0.717) is 6.61 Å². The van der Waals surface area contributed by atoms with Crippen molar-refractivity contribution >= 4 is 10.1 Å². The van der Waals surface area contributed by atoms with E-state index in [1.165, 1.54) is 44.9 Å². The van der Waals surface area contributed by atoms with Crippen LogP contribution in [0.15, 0.2) is 0 Å². The molecule has 0 saturated heterocycles. The van der Waals surface area contributed by atoms with E-state index in [-0.39, 0.29) is 5.75 Å². The maximum Gasteiger partial charge on any atom is 0.267 e. The molecule has 0 aromatic heterocycles. The van der Waals surface area contributed by atoms with Crippen LogP contribution in [-0.4, -0.2) is 20.8 Å². The summed E-state index contributed by atoms with van der Waals surface area (Å²) in [5.74, 6) is 0.192. The van der Waals surface area contributed by atoms with E-state index < -0.39 is 10.1 Å². The van der Waals surface area contributed by atoms with E-state index in [9.17, 15) is 8.42 Å². The van der Waals surface area contributed by atoms with Crippen LogP contribution < -0.4 is 0 Å². The fourth-order valence-corrected chi connectivity index (χ4v) is 3.59. The van der Waals surface area contributed by atoms with E-state index in [0.717, 1.165) is 44.9 Å². The minimum atomic E-state index is -3.28. The molecule has 0 fully saturated rings. The van der Waals surface area contributed by atoms with Crippen LogP contribution in [0.3, 0.4) is 0 Å². The molecule has 0 aliphatic heterocycles. The molecule has 3 nitrogen and oxygen atoms in total. The highest BCUT2D eigenvalue weighted by molar-refractivity contribution is 7.86. The standard InChI is InChI=1S/C18H38O3S/c1-3-5-7-9-10-11-12-13-14-16-18-22(19,20)21-17-15-8-6-4-2/h3-18H2,1-2H3. The lowest BCUT2D eigenvalue weighted by Gasteiger charge is -2.06. The minimum absolute atomic E-state index is 0.192. The SMILES string of the molecule is CCCCCCCCCCCCS(=O)(=O)OCCCCCC. The zero-order chi connectivity index (χ0) is 16.5. The van der Waals surface area contributed by atoms with Crippen molar-refractivity contribution in [3.05, 3.63) is 0 Å². The zero-order valence-electron chi connectivity index (χ0n) is 14.9. The summed E-state index contributed by atoms with van der Waals surface area (Å²) in [6.07, 6.45) is 16.4. The Morgan fingerprint density at radius 1 is 0.591 bits per heavy atom. The van der Waals surface area contributed by atoms with E-state index in [2.05, 4.69) is 13.8 Å². The number of unbranched alkanes of at least 4 members (excludes halogenated alkanes) is 12. The molecule has 0 radical (unpaired) electrons. The third kappa shape index (κ3) is 16.3. The van der Waals surface area contributed by atoms with Gasteiger partial charge in [0.25, 0.3) is 10.1 Å². The molecule has 0 spiro atoms. The zero-order valence-corrected chi connectivity index (χ0v) is 15.8. The summed E-state index contributed by atoms with van der Waals surface area (Å²) in [6.45, 7) is 4.74. The van der Waals surface area contributed by atoms with Gasteiger partial charge in [-0.05, 0) is 12.8 Å². The Kier molecular flexibility index (Phi) is 15.7. The molecule has 0 N–H and O–H groups in total. The molecule has 0 atom stereocenters. The van der Waals surface area contributed by atoms with Crippen molar-refractivity contribution in [1.29, 1.82) is 0 Å². The summed E-state index contributed by atoms with van der Waals surface area (Å²) in [5.41, 5.74) is 0. The first kappa shape index (κ1) is 21.9. The Morgan fingerprint density at radius 3 is 1.50 bits per heavy atom. The quantitative estimate of drug-likeness (QED) is 0.248. The van der Waals surface area contributed by atoms with Gasteiger partial charge in [-0.25, -0.2) is 0 Å². The Morgan fingerprint density at radius 2 is 1.00 bits per heavy atom. The van der Waals surface area contributed by atoms with Crippen LogP contribution in [0.1, 0.15) is 104 Å². The predicted molar refractivity (Wildman–Crippen MR) is 95.7 cm³/mol. The van der Waals surface area contributed by atoms with Gasteiger partial charge >= 0.3 is 0 Å². The van der Waals surface area contributed by atoms with Gasteiger partial charge in [0.2, 0.25) is 0 Å². The van der Waals surface area contributed by atoms with E-state index in [4.69, 9.17) is 4.18 Å². The predicted octanol–water partition coefficient (Wildman–Crippen LogP) is 5.83. The second kappa shape index (κ2) is 15.8. The smallest absolute Gasteiger partial charge is 0.267 e. The van der Waals surface area contributed by atoms with Crippen molar-refractivity contribution in [2.45, 2.75) is 104 Å². The largest absolute Gasteiger partial charge is 0.270 e. The second-order valence-corrected chi connectivity index (χ2v) is 8.09. The first-order chi connectivity index (χ1) is 10.6. The lowest BCUT2D eigenvalue weighted by Crippen LogP contribution is -2.11. The normalized spacial score (nSPS) is 11.9. The maximum absolute atomic E-state index is 11.7. The highest BCUT2D eigenvalue weighted by Gasteiger charge is 2.10. The van der Waals surface area contributed by atoms with E-state index in [1.54, 1.807) is 0 Å². The minimum Gasteiger partial charge on any atom is -0.270 e. The summed E-state index contributed by atoms with van der Waals surface area (Å²) < 4.78 is 28.4. The van der Waals surface area contributed by atoms with Gasteiger partial charge in [-0.3, -0.25) is 4.18 Å². The average Bonchev–Trinajstić information content (AvgIpc) is 2.49. The van der Waals surface area contributed by atoms with Crippen LogP contribution in [-0.2, 0) is 14.3 Å². The van der Waals surface area contributed by atoms with Crippen molar-refractivity contribution in [2.75, 3.05) is 12.4 Å². The summed E-state index contributed by atoms with van der Waals surface area (Å²) in [7, 11) is -3.28. The molecular weight excluding hydrogens is 296 g/mol. The first-order valence-corrected chi connectivity index (χ1v) is 11.1. The third-order valence-corrected chi connectivity index (χ3v) is 5.32. The molecule has 0 saturated carbocycles. The fourth-order valence-electron chi connectivity index (χ4n) is 2.54. The number of rotatable bonds is 17. The molecule has 4 heteroatoms. The lowest BCUT2D eigenvalue weighted by molar-refractivity contribution is 0.306. The Labute approximate surface area is 139 Å². The van der Waals surface area contributed by atoms with Crippen LogP contribution in [0, 0.1) is 0 Å². The van der Waals surface area contributed by atoms with Gasteiger partial charge in [-0.1, -0.05) is 90.9 Å². The molecule has 0 amide bonds. The Bertz CT molecular complexity index is 312. The third-order valence-electron chi connectivity index (χ3n) is 4.01. The van der Waals surface area contributed by atoms with Gasteiger partial charge in [-0.15, -0.1) is 0 Å². The summed E-state index contributed by atoms with van der Waals surface area (Å²) in [6, 6.07) is 0. The molecule has 0 rings (SSSR count). The van der Waals surface area contributed by atoms with Crippen LogP contribution >= 0.6 is 0 Å². The fraction of sp³-hybridized carbons (Fsp3) is 1.00. The lowest BCUT2D eigenvalue weighted by atomic mass is 10.1. The van der Waals surface area contributed by atoms with Gasteiger partial charge < -0.3 is 0 Å². The summed E-state index contributed by atoms with van der Waals surface area (Å²) in [5, 5.41) is 0. The number of hydrogen-bond acceptors (Lipinski definition) is 3. The van der Waals surface area contributed by atoms with E-state index >= 15 is 0 Å². The molecule has 0 heterocycles. The molecule has 0 unspecified atom stereocenters. The summed E-state index contributed by atoms with van der Waals surface area (Å²) in [4.78, 5) is 0. The van der Waals surface area contributed by atoms with Crippen molar-refractivity contribution in [3.63, 3.8) is 0 Å². The highest BCUT2D eigenvalue weighted by atomic mass is 32.2. The molecule has 134 valence electrons. The van der Waals surface area contributed by atoms with Crippen LogP contribution in [0.2, 0.25) is 0 Å². The Balaban J connectivity index is 3.34. The maximum atomic E-state index is 11.7. The van der Waals surface area contributed by atoms with Gasteiger partial charge in [0.1, 0.15) is 0 Å². The van der Waals surface area contributed by atoms with E-state index in [1.807, 2.05) is 0 Å². The second-order valence-electron chi connectivity index (χ2n) is 6.33. The van der Waals surface area contributed by atoms with Crippen LogP contribution in [0.5, 0.6) is 0 Å². The molecular formula is C18H38O3S.